The number of para-hydroxylation sites is 1. The zero-order valence-corrected chi connectivity index (χ0v) is 14.6. The van der Waals surface area contributed by atoms with Crippen LogP contribution in [-0.4, -0.2) is 28.6 Å². The lowest BCUT2D eigenvalue weighted by Gasteiger charge is -2.33. The van der Waals surface area contributed by atoms with Crippen molar-refractivity contribution in [3.63, 3.8) is 0 Å². The molecule has 1 saturated carbocycles. The normalized spacial score (nSPS) is 25.3. The Morgan fingerprint density at radius 2 is 1.92 bits per heavy atom. The van der Waals surface area contributed by atoms with Crippen LogP contribution in [0, 0.1) is 5.92 Å². The average molecular weight is 350 g/mol. The van der Waals surface area contributed by atoms with E-state index in [1.165, 1.54) is 32.1 Å². The molecule has 3 aliphatic rings. The molecule has 2 aromatic rings. The molecule has 2 aliphatic heterocycles. The molecular formula is C20H22N4O2. The van der Waals surface area contributed by atoms with Crippen molar-refractivity contribution in [1.29, 1.82) is 0 Å². The molecule has 1 aromatic carbocycles. The van der Waals surface area contributed by atoms with Gasteiger partial charge in [0.1, 0.15) is 11.2 Å². The Balaban J connectivity index is 1.62. The first-order chi connectivity index (χ1) is 12.7. The first kappa shape index (κ1) is 15.6. The van der Waals surface area contributed by atoms with Crippen LogP contribution in [0.4, 0.5) is 11.5 Å². The molecule has 26 heavy (non-hydrogen) atoms. The van der Waals surface area contributed by atoms with Gasteiger partial charge in [-0.25, -0.2) is 0 Å². The molecule has 0 radical (unpaired) electrons. The van der Waals surface area contributed by atoms with Crippen LogP contribution in [0.5, 0.6) is 0 Å². The number of hydrogen-bond donors (Lipinski definition) is 2. The van der Waals surface area contributed by atoms with Crippen LogP contribution in [-0.2, 0) is 15.0 Å². The average Bonchev–Trinajstić information content (AvgIpc) is 3.21. The number of carbonyl (C=O) groups excluding carboxylic acids is 2. The summed E-state index contributed by atoms with van der Waals surface area (Å²) in [4.78, 5) is 28.1. The molecule has 1 fully saturated rings. The molecule has 134 valence electrons. The third-order valence-corrected chi connectivity index (χ3v) is 6.22. The number of aromatic nitrogens is 2. The molecule has 1 unspecified atom stereocenters. The number of amides is 2. The molecule has 1 atom stereocenters. The Bertz CT molecular complexity index is 883. The van der Waals surface area contributed by atoms with Gasteiger partial charge in [-0.3, -0.25) is 14.7 Å². The third kappa shape index (κ3) is 2.08. The second kappa shape index (κ2) is 5.69. The topological polar surface area (TPSA) is 78.1 Å². The molecule has 1 spiro atoms. The highest BCUT2D eigenvalue weighted by molar-refractivity contribution is 6.15. The smallest absolute Gasteiger partial charge is 0.242 e. The number of H-pyrrole nitrogens is 1. The van der Waals surface area contributed by atoms with Crippen molar-refractivity contribution in [1.82, 2.24) is 10.2 Å². The quantitative estimate of drug-likeness (QED) is 0.874. The van der Waals surface area contributed by atoms with Crippen LogP contribution in [0.15, 0.2) is 30.5 Å². The van der Waals surface area contributed by atoms with Gasteiger partial charge in [-0.1, -0.05) is 37.5 Å². The van der Waals surface area contributed by atoms with E-state index in [0.29, 0.717) is 11.7 Å². The Hall–Kier alpha value is -2.63. The van der Waals surface area contributed by atoms with E-state index in [1.54, 1.807) is 6.20 Å². The number of anilines is 2. The van der Waals surface area contributed by atoms with E-state index >= 15 is 0 Å². The minimum Gasteiger partial charge on any atom is -0.311 e. The van der Waals surface area contributed by atoms with Crippen LogP contribution in [0.2, 0.25) is 0 Å². The lowest BCUT2D eigenvalue weighted by Crippen LogP contribution is -2.47. The van der Waals surface area contributed by atoms with Gasteiger partial charge in [-0.05, 0) is 30.4 Å². The van der Waals surface area contributed by atoms with Crippen molar-refractivity contribution in [3.05, 3.63) is 41.6 Å². The largest absolute Gasteiger partial charge is 0.311 e. The predicted octanol–water partition coefficient (Wildman–Crippen LogP) is 2.96. The van der Waals surface area contributed by atoms with Crippen LogP contribution in [0.3, 0.4) is 0 Å². The van der Waals surface area contributed by atoms with E-state index in [0.717, 1.165) is 23.4 Å². The lowest BCUT2D eigenvalue weighted by molar-refractivity contribution is -0.126. The number of fused-ring (bicyclic) bond motifs is 4. The zero-order chi connectivity index (χ0) is 17.7. The van der Waals surface area contributed by atoms with Crippen LogP contribution in [0.25, 0.3) is 0 Å². The highest BCUT2D eigenvalue weighted by Gasteiger charge is 2.56. The first-order valence-electron chi connectivity index (χ1n) is 9.45. The Labute approximate surface area is 152 Å². The summed E-state index contributed by atoms with van der Waals surface area (Å²) in [6, 6.07) is 7.92. The minimum atomic E-state index is -0.948. The molecular weight excluding hydrogens is 328 g/mol. The van der Waals surface area contributed by atoms with Crippen LogP contribution in [0.1, 0.15) is 49.7 Å². The summed E-state index contributed by atoms with van der Waals surface area (Å²) in [6.07, 6.45) is 7.96. The third-order valence-electron chi connectivity index (χ3n) is 6.22. The van der Waals surface area contributed by atoms with Crippen LogP contribution < -0.4 is 10.2 Å². The second-order valence-corrected chi connectivity index (χ2v) is 7.73. The van der Waals surface area contributed by atoms with E-state index in [1.807, 2.05) is 29.2 Å². The number of benzene rings is 1. The second-order valence-electron chi connectivity index (χ2n) is 7.73. The zero-order valence-electron chi connectivity index (χ0n) is 14.6. The number of rotatable bonds is 2. The molecule has 1 aromatic heterocycles. The number of hydrogen-bond acceptors (Lipinski definition) is 3. The SMILES string of the molecule is O=C1CC2(C(=O)N(CC3CCCCC3)c3ccccc32)c2cn[nH]c2N1. The van der Waals surface area contributed by atoms with Crippen molar-refractivity contribution in [2.24, 2.45) is 5.92 Å². The summed E-state index contributed by atoms with van der Waals surface area (Å²) in [6.45, 7) is 0.742. The van der Waals surface area contributed by atoms with E-state index in [4.69, 9.17) is 0 Å². The maximum atomic E-state index is 13.7. The Morgan fingerprint density at radius 1 is 1.12 bits per heavy atom. The molecule has 0 bridgehead atoms. The van der Waals surface area contributed by atoms with Crippen molar-refractivity contribution in [3.8, 4) is 0 Å². The van der Waals surface area contributed by atoms with Crippen LogP contribution >= 0.6 is 0 Å². The van der Waals surface area contributed by atoms with Gasteiger partial charge in [-0.15, -0.1) is 0 Å². The van der Waals surface area contributed by atoms with E-state index in [9.17, 15) is 9.59 Å². The van der Waals surface area contributed by atoms with Gasteiger partial charge in [-0.2, -0.15) is 5.10 Å². The van der Waals surface area contributed by atoms with Gasteiger partial charge in [0.25, 0.3) is 0 Å². The molecule has 3 heterocycles. The van der Waals surface area contributed by atoms with E-state index < -0.39 is 5.41 Å². The van der Waals surface area contributed by atoms with Gasteiger partial charge in [0.05, 0.1) is 6.20 Å². The summed E-state index contributed by atoms with van der Waals surface area (Å²) >= 11 is 0. The van der Waals surface area contributed by atoms with E-state index in [-0.39, 0.29) is 18.2 Å². The maximum absolute atomic E-state index is 13.7. The Kier molecular flexibility index (Phi) is 3.42. The van der Waals surface area contributed by atoms with Crippen molar-refractivity contribution < 1.29 is 9.59 Å². The molecule has 5 rings (SSSR count). The highest BCUT2D eigenvalue weighted by atomic mass is 16.2. The molecule has 2 amide bonds. The standard InChI is InChI=1S/C20H22N4O2/c25-17-10-20(15-11-21-23-18(15)22-17)14-8-4-5-9-16(14)24(19(20)26)12-13-6-2-1-3-7-13/h4-5,8-9,11,13H,1-3,6-7,10,12H2,(H2,21,22,23,25). The van der Waals surface area contributed by atoms with Gasteiger partial charge >= 0.3 is 0 Å². The van der Waals surface area contributed by atoms with Crippen molar-refractivity contribution >= 4 is 23.3 Å². The summed E-state index contributed by atoms with van der Waals surface area (Å²) < 4.78 is 0. The lowest BCUT2D eigenvalue weighted by atomic mass is 9.72. The number of aromatic amines is 1. The van der Waals surface area contributed by atoms with Crippen molar-refractivity contribution in [2.45, 2.75) is 43.9 Å². The molecule has 6 heteroatoms. The summed E-state index contributed by atoms with van der Waals surface area (Å²) in [5.74, 6) is 0.951. The fourth-order valence-corrected chi connectivity index (χ4v) is 4.99. The number of carbonyl (C=O) groups is 2. The van der Waals surface area contributed by atoms with Crippen molar-refractivity contribution in [2.75, 3.05) is 16.8 Å². The summed E-state index contributed by atoms with van der Waals surface area (Å²) in [5.41, 5.74) is 1.71. The Morgan fingerprint density at radius 3 is 2.77 bits per heavy atom. The van der Waals surface area contributed by atoms with Gasteiger partial charge in [0, 0.05) is 24.2 Å². The fourth-order valence-electron chi connectivity index (χ4n) is 4.99. The summed E-state index contributed by atoms with van der Waals surface area (Å²) in [5, 5.41) is 9.74. The number of nitrogens with one attached hydrogen (secondary N) is 2. The number of nitrogens with zero attached hydrogens (tertiary/aromatic N) is 2. The van der Waals surface area contributed by atoms with Gasteiger partial charge in [0.2, 0.25) is 11.8 Å². The summed E-state index contributed by atoms with van der Waals surface area (Å²) in [7, 11) is 0. The maximum Gasteiger partial charge on any atom is 0.242 e. The predicted molar refractivity (Wildman–Crippen MR) is 98.0 cm³/mol. The van der Waals surface area contributed by atoms with E-state index in [2.05, 4.69) is 15.5 Å². The molecule has 2 N–H and O–H groups in total. The molecule has 6 nitrogen and oxygen atoms in total. The monoisotopic (exact) mass is 350 g/mol. The molecule has 1 aliphatic carbocycles. The highest BCUT2D eigenvalue weighted by Crippen LogP contribution is 2.52. The molecule has 0 saturated heterocycles. The first-order valence-corrected chi connectivity index (χ1v) is 9.45. The van der Waals surface area contributed by atoms with Gasteiger partial charge < -0.3 is 10.2 Å². The van der Waals surface area contributed by atoms with Gasteiger partial charge in [0.15, 0.2) is 0 Å². The fraction of sp³-hybridized carbons (Fsp3) is 0.450. The minimum absolute atomic E-state index is 0.0155.